The summed E-state index contributed by atoms with van der Waals surface area (Å²) in [5.41, 5.74) is 5.12. The normalized spacial score (nSPS) is 10.6. The highest BCUT2D eigenvalue weighted by atomic mass is 32.1. The number of hydrazone groups is 1. The van der Waals surface area contributed by atoms with Gasteiger partial charge in [0.05, 0.1) is 6.21 Å². The van der Waals surface area contributed by atoms with Crippen molar-refractivity contribution in [3.8, 4) is 0 Å². The van der Waals surface area contributed by atoms with E-state index in [1.54, 1.807) is 6.21 Å². The Bertz CT molecular complexity index is 438. The van der Waals surface area contributed by atoms with E-state index in [1.807, 2.05) is 0 Å². The van der Waals surface area contributed by atoms with Crippen LogP contribution in [0.15, 0.2) is 29.4 Å². The van der Waals surface area contributed by atoms with Crippen molar-refractivity contribution in [2.45, 2.75) is 33.6 Å². The monoisotopic (exact) mass is 306 g/mol. The van der Waals surface area contributed by atoms with Crippen LogP contribution < -0.4 is 15.6 Å². The maximum atomic E-state index is 5.13. The van der Waals surface area contributed by atoms with Gasteiger partial charge in [-0.05, 0) is 50.2 Å². The number of thiocarbonyl (C=S) groups is 1. The van der Waals surface area contributed by atoms with E-state index in [0.717, 1.165) is 38.0 Å². The van der Waals surface area contributed by atoms with Crippen LogP contribution in [0.4, 0.5) is 5.69 Å². The smallest absolute Gasteiger partial charge is 0.186 e. The molecule has 0 aliphatic carbocycles. The first-order valence-corrected chi connectivity index (χ1v) is 8.04. The quantitative estimate of drug-likeness (QED) is 0.335. The molecule has 1 aromatic carbocycles. The molecule has 1 rings (SSSR count). The number of nitrogens with zero attached hydrogens (tertiary/aromatic N) is 2. The lowest BCUT2D eigenvalue weighted by atomic mass is 10.2. The van der Waals surface area contributed by atoms with E-state index >= 15 is 0 Å². The number of rotatable bonds is 8. The molecule has 4 nitrogen and oxygen atoms in total. The summed E-state index contributed by atoms with van der Waals surface area (Å²) in [5, 5.41) is 7.82. The Morgan fingerprint density at radius 2 is 1.86 bits per heavy atom. The molecule has 0 saturated carbocycles. The number of unbranched alkanes of at least 4 members (excludes halogenated alkanes) is 1. The zero-order valence-corrected chi connectivity index (χ0v) is 14.0. The molecule has 0 aliphatic heterocycles. The lowest BCUT2D eigenvalue weighted by molar-refractivity contribution is 0.745. The third-order valence-corrected chi connectivity index (χ3v) is 3.45. The van der Waals surface area contributed by atoms with Crippen LogP contribution >= 0.6 is 12.2 Å². The second-order valence-electron chi connectivity index (χ2n) is 4.74. The summed E-state index contributed by atoms with van der Waals surface area (Å²) < 4.78 is 0. The maximum Gasteiger partial charge on any atom is 0.186 e. The largest absolute Gasteiger partial charge is 0.372 e. The molecule has 0 spiro atoms. The minimum absolute atomic E-state index is 0.569. The molecule has 0 bridgehead atoms. The minimum atomic E-state index is 0.569. The fraction of sp³-hybridized carbons (Fsp3) is 0.500. The summed E-state index contributed by atoms with van der Waals surface area (Å²) in [6, 6.07) is 8.36. The molecule has 116 valence electrons. The summed E-state index contributed by atoms with van der Waals surface area (Å²) in [4.78, 5) is 2.31. The van der Waals surface area contributed by atoms with Crippen molar-refractivity contribution >= 4 is 29.2 Å². The summed E-state index contributed by atoms with van der Waals surface area (Å²) in [5.74, 6) is 0. The van der Waals surface area contributed by atoms with Crippen LogP contribution in [0.3, 0.4) is 0 Å². The van der Waals surface area contributed by atoms with Gasteiger partial charge in [0.25, 0.3) is 0 Å². The SMILES string of the molecule is CCCCNC(=S)N/N=C\c1ccc(N(CC)CC)cc1. The molecule has 0 heterocycles. The number of hydrogen-bond acceptors (Lipinski definition) is 3. The Hall–Kier alpha value is -1.62. The molecule has 0 atom stereocenters. The molecule has 0 fully saturated rings. The van der Waals surface area contributed by atoms with Crippen LogP contribution in [0.1, 0.15) is 39.2 Å². The molecular weight excluding hydrogens is 280 g/mol. The lowest BCUT2D eigenvalue weighted by Gasteiger charge is -2.20. The topological polar surface area (TPSA) is 39.7 Å². The Labute approximate surface area is 133 Å². The lowest BCUT2D eigenvalue weighted by Crippen LogP contribution is -2.32. The Morgan fingerprint density at radius 1 is 1.19 bits per heavy atom. The molecule has 2 N–H and O–H groups in total. The third kappa shape index (κ3) is 6.58. The van der Waals surface area contributed by atoms with Gasteiger partial charge in [-0.25, -0.2) is 0 Å². The van der Waals surface area contributed by atoms with E-state index in [2.05, 4.69) is 65.8 Å². The summed E-state index contributed by atoms with van der Waals surface area (Å²) in [6.07, 6.45) is 4.04. The number of benzene rings is 1. The van der Waals surface area contributed by atoms with Crippen LogP contribution in [0, 0.1) is 0 Å². The average molecular weight is 306 g/mol. The van der Waals surface area contributed by atoms with Crippen molar-refractivity contribution in [2.75, 3.05) is 24.5 Å². The van der Waals surface area contributed by atoms with Crippen LogP contribution in [-0.4, -0.2) is 31.0 Å². The molecule has 21 heavy (non-hydrogen) atoms. The van der Waals surface area contributed by atoms with Crippen molar-refractivity contribution in [1.82, 2.24) is 10.7 Å². The van der Waals surface area contributed by atoms with Gasteiger partial charge in [0.1, 0.15) is 0 Å². The number of hydrogen-bond donors (Lipinski definition) is 2. The highest BCUT2D eigenvalue weighted by Gasteiger charge is 2.00. The molecule has 0 saturated heterocycles. The molecule has 0 radical (unpaired) electrons. The van der Waals surface area contributed by atoms with Gasteiger partial charge in [-0.1, -0.05) is 25.5 Å². The summed E-state index contributed by atoms with van der Waals surface area (Å²) in [6.45, 7) is 9.39. The van der Waals surface area contributed by atoms with Gasteiger partial charge in [-0.2, -0.15) is 5.10 Å². The molecule has 5 heteroatoms. The first-order valence-electron chi connectivity index (χ1n) is 7.63. The third-order valence-electron chi connectivity index (χ3n) is 3.22. The van der Waals surface area contributed by atoms with Crippen molar-refractivity contribution in [3.63, 3.8) is 0 Å². The first kappa shape index (κ1) is 17.4. The fourth-order valence-corrected chi connectivity index (χ4v) is 2.10. The van der Waals surface area contributed by atoms with Gasteiger partial charge in [-0.15, -0.1) is 0 Å². The van der Waals surface area contributed by atoms with Crippen LogP contribution in [0.5, 0.6) is 0 Å². The van der Waals surface area contributed by atoms with Crippen LogP contribution in [0.25, 0.3) is 0 Å². The van der Waals surface area contributed by atoms with E-state index in [0.29, 0.717) is 5.11 Å². The highest BCUT2D eigenvalue weighted by molar-refractivity contribution is 7.80. The van der Waals surface area contributed by atoms with Crippen molar-refractivity contribution < 1.29 is 0 Å². The fourth-order valence-electron chi connectivity index (χ4n) is 1.94. The number of anilines is 1. The average Bonchev–Trinajstić information content (AvgIpc) is 2.50. The molecule has 0 unspecified atom stereocenters. The van der Waals surface area contributed by atoms with Crippen LogP contribution in [-0.2, 0) is 0 Å². The van der Waals surface area contributed by atoms with E-state index in [9.17, 15) is 0 Å². The molecular formula is C16H26N4S. The molecule has 0 aromatic heterocycles. The predicted molar refractivity (Wildman–Crippen MR) is 96.2 cm³/mol. The second kappa shape index (κ2) is 10.2. The van der Waals surface area contributed by atoms with Gasteiger partial charge in [0.2, 0.25) is 0 Å². The van der Waals surface area contributed by atoms with Gasteiger partial charge in [0, 0.05) is 25.3 Å². The number of nitrogens with one attached hydrogen (secondary N) is 2. The van der Waals surface area contributed by atoms with Crippen LogP contribution in [0.2, 0.25) is 0 Å². The standard InChI is InChI=1S/C16H26N4S/c1-4-7-12-17-16(21)19-18-13-14-8-10-15(11-9-14)20(5-2)6-3/h8-11,13H,4-7,12H2,1-3H3,(H2,17,19,21)/b18-13-. The van der Waals surface area contributed by atoms with Crippen molar-refractivity contribution in [2.24, 2.45) is 5.10 Å². The van der Waals surface area contributed by atoms with Gasteiger partial charge < -0.3 is 10.2 Å². The summed E-state index contributed by atoms with van der Waals surface area (Å²) >= 11 is 5.13. The van der Waals surface area contributed by atoms with Gasteiger partial charge >= 0.3 is 0 Å². The minimum Gasteiger partial charge on any atom is -0.372 e. The van der Waals surface area contributed by atoms with E-state index < -0.39 is 0 Å². The molecule has 1 aromatic rings. The van der Waals surface area contributed by atoms with Gasteiger partial charge in [-0.3, -0.25) is 5.43 Å². The van der Waals surface area contributed by atoms with Crippen molar-refractivity contribution in [1.29, 1.82) is 0 Å². The maximum absolute atomic E-state index is 5.13. The first-order chi connectivity index (χ1) is 10.2. The Kier molecular flexibility index (Phi) is 8.43. The molecule has 0 amide bonds. The highest BCUT2D eigenvalue weighted by Crippen LogP contribution is 2.13. The van der Waals surface area contributed by atoms with E-state index in [-0.39, 0.29) is 0 Å². The van der Waals surface area contributed by atoms with E-state index in [1.165, 1.54) is 5.69 Å². The Balaban J connectivity index is 2.44. The zero-order valence-electron chi connectivity index (χ0n) is 13.2. The zero-order chi connectivity index (χ0) is 15.5. The van der Waals surface area contributed by atoms with Gasteiger partial charge in [0.15, 0.2) is 5.11 Å². The van der Waals surface area contributed by atoms with E-state index in [4.69, 9.17) is 12.2 Å². The van der Waals surface area contributed by atoms with Crippen molar-refractivity contribution in [3.05, 3.63) is 29.8 Å². The second-order valence-corrected chi connectivity index (χ2v) is 5.15. The predicted octanol–water partition coefficient (Wildman–Crippen LogP) is 3.13. The Morgan fingerprint density at radius 3 is 2.43 bits per heavy atom. The molecule has 0 aliphatic rings. The summed E-state index contributed by atoms with van der Waals surface area (Å²) in [7, 11) is 0.